The van der Waals surface area contributed by atoms with Gasteiger partial charge in [-0.2, -0.15) is 0 Å². The number of hydrogen-bond donors (Lipinski definition) is 1. The minimum Gasteiger partial charge on any atom is -0.385 e. The summed E-state index contributed by atoms with van der Waals surface area (Å²) >= 11 is 0. The highest BCUT2D eigenvalue weighted by Crippen LogP contribution is 2.39. The first-order valence-electron chi connectivity index (χ1n) is 8.70. The Kier molecular flexibility index (Phi) is 5.35. The van der Waals surface area contributed by atoms with E-state index in [0.29, 0.717) is 11.3 Å². The van der Waals surface area contributed by atoms with Gasteiger partial charge in [0.15, 0.2) is 0 Å². The van der Waals surface area contributed by atoms with Crippen LogP contribution in [0.15, 0.2) is 24.3 Å². The van der Waals surface area contributed by atoms with E-state index < -0.39 is 0 Å². The van der Waals surface area contributed by atoms with Gasteiger partial charge in [-0.1, -0.05) is 52.8 Å². The lowest BCUT2D eigenvalue weighted by Crippen LogP contribution is -2.28. The lowest BCUT2D eigenvalue weighted by molar-refractivity contribution is 0.153. The first-order chi connectivity index (χ1) is 9.88. The summed E-state index contributed by atoms with van der Waals surface area (Å²) in [5.74, 6) is 2.35. The van der Waals surface area contributed by atoms with Crippen LogP contribution in [0.1, 0.15) is 71.8 Å². The van der Waals surface area contributed by atoms with Crippen molar-refractivity contribution in [1.29, 1.82) is 0 Å². The molecular weight excluding hydrogens is 254 g/mol. The zero-order valence-corrected chi connectivity index (χ0v) is 14.6. The van der Waals surface area contributed by atoms with Crippen molar-refractivity contribution in [2.75, 3.05) is 11.9 Å². The van der Waals surface area contributed by atoms with Crippen molar-refractivity contribution in [2.45, 2.75) is 66.2 Å². The summed E-state index contributed by atoms with van der Waals surface area (Å²) in [5.41, 5.74) is 3.27. The predicted octanol–water partition coefficient (Wildman–Crippen LogP) is 6.07. The Balaban J connectivity index is 1.85. The van der Waals surface area contributed by atoms with Crippen LogP contribution in [-0.4, -0.2) is 6.54 Å². The van der Waals surface area contributed by atoms with E-state index >= 15 is 0 Å². The van der Waals surface area contributed by atoms with E-state index in [4.69, 9.17) is 0 Å². The molecule has 1 fully saturated rings. The van der Waals surface area contributed by atoms with Gasteiger partial charge in [-0.3, -0.25) is 0 Å². The Labute approximate surface area is 131 Å². The van der Waals surface area contributed by atoms with E-state index in [2.05, 4.69) is 64.2 Å². The summed E-state index contributed by atoms with van der Waals surface area (Å²) in [6.45, 7) is 12.9. The monoisotopic (exact) mass is 287 g/mol. The molecule has 0 radical (unpaired) electrons. The number of hydrogen-bond acceptors (Lipinski definition) is 1. The van der Waals surface area contributed by atoms with Crippen LogP contribution in [0, 0.1) is 17.3 Å². The standard InChI is InChI=1S/C20H33N/c1-15(2)18-8-6-7-9-19(18)21-14-16-10-12-17(13-11-16)20(3,4)5/h6-9,15-17,21H,10-14H2,1-5H3. The van der Waals surface area contributed by atoms with Crippen molar-refractivity contribution in [3.05, 3.63) is 29.8 Å². The smallest absolute Gasteiger partial charge is 0.0375 e. The van der Waals surface area contributed by atoms with Crippen molar-refractivity contribution >= 4 is 5.69 Å². The molecule has 0 saturated heterocycles. The Hall–Kier alpha value is -0.980. The van der Waals surface area contributed by atoms with Crippen molar-refractivity contribution < 1.29 is 0 Å². The average molecular weight is 287 g/mol. The van der Waals surface area contributed by atoms with Crippen LogP contribution in [0.3, 0.4) is 0 Å². The molecule has 1 heteroatoms. The zero-order valence-electron chi connectivity index (χ0n) is 14.6. The molecule has 0 heterocycles. The molecule has 21 heavy (non-hydrogen) atoms. The fourth-order valence-electron chi connectivity index (χ4n) is 3.65. The maximum Gasteiger partial charge on any atom is 0.0375 e. The van der Waals surface area contributed by atoms with Gasteiger partial charge in [-0.15, -0.1) is 0 Å². The number of para-hydroxylation sites is 1. The van der Waals surface area contributed by atoms with Crippen molar-refractivity contribution in [1.82, 2.24) is 0 Å². The molecule has 0 aromatic heterocycles. The summed E-state index contributed by atoms with van der Waals surface area (Å²) < 4.78 is 0. The third kappa shape index (κ3) is 4.49. The van der Waals surface area contributed by atoms with Crippen LogP contribution >= 0.6 is 0 Å². The van der Waals surface area contributed by atoms with Gasteiger partial charge in [0.1, 0.15) is 0 Å². The minimum absolute atomic E-state index is 0.489. The van der Waals surface area contributed by atoms with Gasteiger partial charge < -0.3 is 5.32 Å². The van der Waals surface area contributed by atoms with Gasteiger partial charge in [-0.25, -0.2) is 0 Å². The molecule has 0 unspecified atom stereocenters. The molecule has 1 aromatic carbocycles. The Bertz CT molecular complexity index is 433. The van der Waals surface area contributed by atoms with Crippen LogP contribution in [-0.2, 0) is 0 Å². The quantitative estimate of drug-likeness (QED) is 0.708. The molecule has 1 aliphatic carbocycles. The fourth-order valence-corrected chi connectivity index (χ4v) is 3.65. The lowest BCUT2D eigenvalue weighted by Gasteiger charge is -2.37. The third-order valence-electron chi connectivity index (χ3n) is 5.24. The van der Waals surface area contributed by atoms with Crippen LogP contribution in [0.2, 0.25) is 0 Å². The highest BCUT2D eigenvalue weighted by molar-refractivity contribution is 5.52. The van der Waals surface area contributed by atoms with E-state index in [1.807, 2.05) is 0 Å². The molecule has 0 spiro atoms. The maximum atomic E-state index is 3.72. The molecule has 0 atom stereocenters. The molecule has 0 bridgehead atoms. The summed E-state index contributed by atoms with van der Waals surface area (Å²) in [6.07, 6.45) is 5.58. The SMILES string of the molecule is CC(C)c1ccccc1NCC1CCC(C(C)(C)C)CC1. The van der Waals surface area contributed by atoms with E-state index in [1.54, 1.807) is 0 Å². The molecule has 0 amide bonds. The first-order valence-corrected chi connectivity index (χ1v) is 8.70. The Morgan fingerprint density at radius 2 is 1.67 bits per heavy atom. The highest BCUT2D eigenvalue weighted by Gasteiger charge is 2.29. The summed E-state index contributed by atoms with van der Waals surface area (Å²) in [7, 11) is 0. The van der Waals surface area contributed by atoms with E-state index in [0.717, 1.165) is 18.4 Å². The number of rotatable bonds is 4. The van der Waals surface area contributed by atoms with E-state index in [-0.39, 0.29) is 0 Å². The van der Waals surface area contributed by atoms with Gasteiger partial charge in [0.25, 0.3) is 0 Å². The predicted molar refractivity (Wildman–Crippen MR) is 93.9 cm³/mol. The Morgan fingerprint density at radius 3 is 2.24 bits per heavy atom. The normalized spacial score (nSPS) is 23.3. The molecule has 2 rings (SSSR count). The maximum absolute atomic E-state index is 3.72. The molecule has 1 saturated carbocycles. The van der Waals surface area contributed by atoms with Gasteiger partial charge in [0, 0.05) is 12.2 Å². The zero-order chi connectivity index (χ0) is 15.5. The molecule has 1 nitrogen and oxygen atoms in total. The van der Waals surface area contributed by atoms with E-state index in [1.165, 1.54) is 36.9 Å². The fraction of sp³-hybridized carbons (Fsp3) is 0.700. The van der Waals surface area contributed by atoms with Crippen LogP contribution < -0.4 is 5.32 Å². The number of anilines is 1. The van der Waals surface area contributed by atoms with Crippen molar-refractivity contribution in [3.63, 3.8) is 0 Å². The van der Waals surface area contributed by atoms with Crippen LogP contribution in [0.4, 0.5) is 5.69 Å². The Morgan fingerprint density at radius 1 is 1.05 bits per heavy atom. The highest BCUT2D eigenvalue weighted by atomic mass is 14.9. The van der Waals surface area contributed by atoms with Crippen molar-refractivity contribution in [3.8, 4) is 0 Å². The minimum atomic E-state index is 0.489. The summed E-state index contributed by atoms with van der Waals surface area (Å²) in [4.78, 5) is 0. The van der Waals surface area contributed by atoms with Crippen molar-refractivity contribution in [2.24, 2.45) is 17.3 Å². The first kappa shape index (κ1) is 16.4. The van der Waals surface area contributed by atoms with Gasteiger partial charge in [0.2, 0.25) is 0 Å². The second kappa shape index (κ2) is 6.85. The second-order valence-corrected chi connectivity index (χ2v) is 8.21. The topological polar surface area (TPSA) is 12.0 Å². The average Bonchev–Trinajstić information content (AvgIpc) is 2.45. The van der Waals surface area contributed by atoms with Gasteiger partial charge in [0.05, 0.1) is 0 Å². The molecule has 1 aliphatic rings. The van der Waals surface area contributed by atoms with Crippen LogP contribution in [0.5, 0.6) is 0 Å². The van der Waals surface area contributed by atoms with Gasteiger partial charge in [-0.05, 0) is 60.5 Å². The van der Waals surface area contributed by atoms with Crippen LogP contribution in [0.25, 0.3) is 0 Å². The van der Waals surface area contributed by atoms with E-state index in [9.17, 15) is 0 Å². The third-order valence-corrected chi connectivity index (χ3v) is 5.24. The number of benzene rings is 1. The molecule has 1 N–H and O–H groups in total. The van der Waals surface area contributed by atoms with Gasteiger partial charge >= 0.3 is 0 Å². The lowest BCUT2D eigenvalue weighted by atomic mass is 9.70. The molecule has 1 aromatic rings. The molecule has 0 aliphatic heterocycles. The number of nitrogens with one attached hydrogen (secondary N) is 1. The summed E-state index contributed by atoms with van der Waals surface area (Å²) in [5, 5.41) is 3.72. The summed E-state index contributed by atoms with van der Waals surface area (Å²) in [6, 6.07) is 8.78. The second-order valence-electron chi connectivity index (χ2n) is 8.21. The molecular formula is C20H33N. The molecule has 118 valence electrons. The largest absolute Gasteiger partial charge is 0.385 e.